The molecule has 0 spiro atoms. The molecule has 0 fully saturated rings. The van der Waals surface area contributed by atoms with Crippen LogP contribution in [0, 0.1) is 6.92 Å². The number of nitrogens with zero attached hydrogens (tertiary/aromatic N) is 2. The minimum atomic E-state index is -0.420. The molecule has 6 heteroatoms. The van der Waals surface area contributed by atoms with Crippen molar-refractivity contribution in [3.8, 4) is 0 Å². The van der Waals surface area contributed by atoms with E-state index in [0.717, 1.165) is 21.3 Å². The lowest BCUT2D eigenvalue weighted by molar-refractivity contribution is 0.0594. The summed E-state index contributed by atoms with van der Waals surface area (Å²) in [5.41, 5.74) is 1.26. The lowest BCUT2D eigenvalue weighted by Crippen LogP contribution is -2.03. The first-order valence-electron chi connectivity index (χ1n) is 6.34. The normalized spacial score (nSPS) is 10.6. The fourth-order valence-electron chi connectivity index (χ4n) is 2.07. The first-order chi connectivity index (χ1) is 10.2. The number of pyridine rings is 1. The van der Waals surface area contributed by atoms with Crippen molar-refractivity contribution < 1.29 is 9.53 Å². The Morgan fingerprint density at radius 3 is 3.00 bits per heavy atom. The maximum absolute atomic E-state index is 11.6. The number of aromatic nitrogens is 2. The molecule has 2 aromatic heterocycles. The van der Waals surface area contributed by atoms with Crippen molar-refractivity contribution in [1.82, 2.24) is 9.97 Å². The lowest BCUT2D eigenvalue weighted by atomic mass is 10.1. The molecule has 0 aliphatic heterocycles. The van der Waals surface area contributed by atoms with Crippen LogP contribution in [0.25, 0.3) is 10.8 Å². The van der Waals surface area contributed by atoms with E-state index in [9.17, 15) is 4.79 Å². The van der Waals surface area contributed by atoms with Crippen LogP contribution >= 0.6 is 11.3 Å². The Kier molecular flexibility index (Phi) is 3.53. The summed E-state index contributed by atoms with van der Waals surface area (Å²) in [6.45, 7) is 1.85. The third-order valence-corrected chi connectivity index (χ3v) is 3.99. The van der Waals surface area contributed by atoms with Crippen LogP contribution in [-0.4, -0.2) is 23.0 Å². The zero-order chi connectivity index (χ0) is 14.8. The molecule has 106 valence electrons. The molecule has 3 aromatic rings. The molecule has 1 aromatic carbocycles. The molecule has 0 aliphatic carbocycles. The van der Waals surface area contributed by atoms with Crippen molar-refractivity contribution in [3.63, 3.8) is 0 Å². The Labute approximate surface area is 125 Å². The summed E-state index contributed by atoms with van der Waals surface area (Å²) in [6, 6.07) is 7.90. The quantitative estimate of drug-likeness (QED) is 0.749. The number of esters is 1. The zero-order valence-corrected chi connectivity index (χ0v) is 12.4. The summed E-state index contributed by atoms with van der Waals surface area (Å²) in [6.07, 6.45) is 3.56. The molecule has 0 atom stereocenters. The SMILES string of the molecule is COC(=O)c1nc(Nc2cccc3ccncc23)sc1C. The van der Waals surface area contributed by atoms with Crippen LogP contribution in [0.2, 0.25) is 0 Å². The number of hydrogen-bond acceptors (Lipinski definition) is 6. The van der Waals surface area contributed by atoms with Crippen LogP contribution in [0.5, 0.6) is 0 Å². The minimum absolute atomic E-state index is 0.350. The van der Waals surface area contributed by atoms with Crippen LogP contribution in [-0.2, 0) is 4.74 Å². The van der Waals surface area contributed by atoms with Gasteiger partial charge in [0, 0.05) is 28.3 Å². The van der Waals surface area contributed by atoms with Gasteiger partial charge in [-0.25, -0.2) is 9.78 Å². The molecular formula is C15H13N3O2S. The lowest BCUT2D eigenvalue weighted by Gasteiger charge is -2.06. The van der Waals surface area contributed by atoms with Gasteiger partial charge in [-0.1, -0.05) is 12.1 Å². The second kappa shape index (κ2) is 5.49. The van der Waals surface area contributed by atoms with Crippen LogP contribution in [0.15, 0.2) is 36.7 Å². The van der Waals surface area contributed by atoms with Gasteiger partial charge in [0.1, 0.15) is 0 Å². The number of fused-ring (bicyclic) bond motifs is 1. The number of benzene rings is 1. The van der Waals surface area contributed by atoms with E-state index in [2.05, 4.69) is 15.3 Å². The molecule has 0 amide bonds. The summed E-state index contributed by atoms with van der Waals surface area (Å²) in [5.74, 6) is -0.420. The van der Waals surface area contributed by atoms with E-state index < -0.39 is 5.97 Å². The number of ether oxygens (including phenoxy) is 1. The van der Waals surface area contributed by atoms with E-state index >= 15 is 0 Å². The van der Waals surface area contributed by atoms with Crippen molar-refractivity contribution >= 4 is 38.9 Å². The summed E-state index contributed by atoms with van der Waals surface area (Å²) >= 11 is 1.42. The van der Waals surface area contributed by atoms with Gasteiger partial charge in [0.15, 0.2) is 10.8 Å². The molecule has 1 N–H and O–H groups in total. The smallest absolute Gasteiger partial charge is 0.357 e. The van der Waals surface area contributed by atoms with Crippen LogP contribution in [0.1, 0.15) is 15.4 Å². The highest BCUT2D eigenvalue weighted by Gasteiger charge is 2.16. The van der Waals surface area contributed by atoms with Gasteiger partial charge in [-0.3, -0.25) is 4.98 Å². The highest BCUT2D eigenvalue weighted by atomic mass is 32.1. The number of rotatable bonds is 3. The average Bonchev–Trinajstić information content (AvgIpc) is 2.87. The maximum Gasteiger partial charge on any atom is 0.357 e. The number of anilines is 2. The largest absolute Gasteiger partial charge is 0.464 e. The molecule has 0 radical (unpaired) electrons. The van der Waals surface area contributed by atoms with E-state index in [1.165, 1.54) is 18.4 Å². The van der Waals surface area contributed by atoms with Gasteiger partial charge in [0.25, 0.3) is 0 Å². The van der Waals surface area contributed by atoms with Gasteiger partial charge in [0.2, 0.25) is 0 Å². The molecule has 2 heterocycles. The number of nitrogens with one attached hydrogen (secondary N) is 1. The molecule has 5 nitrogen and oxygen atoms in total. The molecule has 0 saturated heterocycles. The van der Waals surface area contributed by atoms with Crippen molar-refractivity contribution in [2.24, 2.45) is 0 Å². The number of hydrogen-bond donors (Lipinski definition) is 1. The summed E-state index contributed by atoms with van der Waals surface area (Å²) in [5, 5.41) is 6.00. The maximum atomic E-state index is 11.6. The standard InChI is InChI=1S/C15H13N3O2S/c1-9-13(14(19)20-2)18-15(21-9)17-12-5-3-4-10-6-7-16-8-11(10)12/h3-8H,1-2H3,(H,17,18). The zero-order valence-electron chi connectivity index (χ0n) is 11.6. The van der Waals surface area contributed by atoms with Crippen molar-refractivity contribution in [3.05, 3.63) is 47.2 Å². The molecule has 0 unspecified atom stereocenters. The number of aryl methyl sites for hydroxylation is 1. The Balaban J connectivity index is 1.98. The van der Waals surface area contributed by atoms with Crippen LogP contribution in [0.4, 0.5) is 10.8 Å². The van der Waals surface area contributed by atoms with E-state index in [0.29, 0.717) is 10.8 Å². The van der Waals surface area contributed by atoms with Gasteiger partial charge in [-0.15, -0.1) is 11.3 Å². The minimum Gasteiger partial charge on any atom is -0.464 e. The second-order valence-electron chi connectivity index (χ2n) is 4.44. The van der Waals surface area contributed by atoms with E-state index in [-0.39, 0.29) is 0 Å². The fourth-order valence-corrected chi connectivity index (χ4v) is 2.89. The summed E-state index contributed by atoms with van der Waals surface area (Å²) in [4.78, 5) is 20.9. The molecule has 3 rings (SSSR count). The highest BCUT2D eigenvalue weighted by Crippen LogP contribution is 2.29. The topological polar surface area (TPSA) is 64.1 Å². The molecule has 0 bridgehead atoms. The van der Waals surface area contributed by atoms with Gasteiger partial charge in [-0.2, -0.15) is 0 Å². The second-order valence-corrected chi connectivity index (χ2v) is 5.65. The van der Waals surface area contributed by atoms with E-state index in [1.807, 2.05) is 31.2 Å². The van der Waals surface area contributed by atoms with Gasteiger partial charge < -0.3 is 10.1 Å². The summed E-state index contributed by atoms with van der Waals surface area (Å²) < 4.78 is 4.72. The number of carbonyl (C=O) groups excluding carboxylic acids is 1. The first kappa shape index (κ1) is 13.5. The highest BCUT2D eigenvalue weighted by molar-refractivity contribution is 7.15. The Morgan fingerprint density at radius 1 is 1.33 bits per heavy atom. The molecule has 0 aliphatic rings. The predicted molar refractivity (Wildman–Crippen MR) is 83.2 cm³/mol. The van der Waals surface area contributed by atoms with Gasteiger partial charge >= 0.3 is 5.97 Å². The van der Waals surface area contributed by atoms with Crippen molar-refractivity contribution in [1.29, 1.82) is 0 Å². The Bertz CT molecular complexity index is 808. The number of carbonyl (C=O) groups is 1. The first-order valence-corrected chi connectivity index (χ1v) is 7.16. The van der Waals surface area contributed by atoms with Gasteiger partial charge in [-0.05, 0) is 24.4 Å². The molecule has 21 heavy (non-hydrogen) atoms. The monoisotopic (exact) mass is 299 g/mol. The average molecular weight is 299 g/mol. The van der Waals surface area contributed by atoms with Crippen LogP contribution < -0.4 is 5.32 Å². The van der Waals surface area contributed by atoms with Crippen LogP contribution in [0.3, 0.4) is 0 Å². The third kappa shape index (κ3) is 2.57. The number of thiazole rings is 1. The Hall–Kier alpha value is -2.47. The fraction of sp³-hybridized carbons (Fsp3) is 0.133. The van der Waals surface area contributed by atoms with E-state index in [4.69, 9.17) is 4.74 Å². The number of methoxy groups -OCH3 is 1. The molecular weight excluding hydrogens is 286 g/mol. The van der Waals surface area contributed by atoms with Crippen molar-refractivity contribution in [2.45, 2.75) is 6.92 Å². The van der Waals surface area contributed by atoms with Crippen molar-refractivity contribution in [2.75, 3.05) is 12.4 Å². The van der Waals surface area contributed by atoms with Gasteiger partial charge in [0.05, 0.1) is 7.11 Å². The predicted octanol–water partition coefficient (Wildman–Crippen LogP) is 3.53. The third-order valence-electron chi connectivity index (χ3n) is 3.10. The summed E-state index contributed by atoms with van der Waals surface area (Å²) in [7, 11) is 1.35. The van der Waals surface area contributed by atoms with E-state index in [1.54, 1.807) is 12.4 Å². The Morgan fingerprint density at radius 2 is 2.19 bits per heavy atom. The molecule has 0 saturated carbocycles.